The third kappa shape index (κ3) is 6.99. The summed E-state index contributed by atoms with van der Waals surface area (Å²) in [6.45, 7) is 2.21. The number of methoxy groups -OCH3 is 1. The minimum atomic E-state index is -0.208. The van der Waals surface area contributed by atoms with Gasteiger partial charge in [0.1, 0.15) is 23.0 Å². The largest absolute Gasteiger partial charge is 0.508 e. The van der Waals surface area contributed by atoms with Gasteiger partial charge in [0, 0.05) is 31.1 Å². The molecular formula is C26H32N4O5. The van der Waals surface area contributed by atoms with Crippen LogP contribution in [0.2, 0.25) is 0 Å². The summed E-state index contributed by atoms with van der Waals surface area (Å²) >= 11 is 0. The van der Waals surface area contributed by atoms with Gasteiger partial charge in [-0.3, -0.25) is 25.4 Å². The second-order valence-electron chi connectivity index (χ2n) is 8.17. The van der Waals surface area contributed by atoms with Crippen LogP contribution in [-0.4, -0.2) is 43.4 Å². The van der Waals surface area contributed by atoms with Gasteiger partial charge in [0.15, 0.2) is 0 Å². The molecule has 1 atom stereocenters. The van der Waals surface area contributed by atoms with Crippen LogP contribution in [0.3, 0.4) is 0 Å². The van der Waals surface area contributed by atoms with Crippen LogP contribution in [0.4, 0.5) is 5.69 Å². The zero-order valence-corrected chi connectivity index (χ0v) is 20.3. The Bertz CT molecular complexity index is 1110. The van der Waals surface area contributed by atoms with Crippen molar-refractivity contribution in [1.82, 2.24) is 10.7 Å². The van der Waals surface area contributed by atoms with Gasteiger partial charge in [-0.25, -0.2) is 0 Å². The molecule has 0 saturated carbocycles. The molecule has 35 heavy (non-hydrogen) atoms. The summed E-state index contributed by atoms with van der Waals surface area (Å²) in [4.78, 5) is 28.6. The fourth-order valence-corrected chi connectivity index (χ4v) is 3.79. The van der Waals surface area contributed by atoms with Crippen molar-refractivity contribution in [3.8, 4) is 17.2 Å². The topological polar surface area (TPSA) is 121 Å². The molecule has 0 aliphatic carbocycles. The molecule has 9 nitrogen and oxygen atoms in total. The smallest absolute Gasteiger partial charge is 0.265 e. The van der Waals surface area contributed by atoms with E-state index in [0.29, 0.717) is 55.2 Å². The Kier molecular flexibility index (Phi) is 9.11. The number of aliphatic imine (C=N–C) groups is 1. The number of aryl methyl sites for hydroxylation is 1. The van der Waals surface area contributed by atoms with Gasteiger partial charge in [0.25, 0.3) is 5.91 Å². The van der Waals surface area contributed by atoms with Crippen LogP contribution < -0.4 is 25.6 Å². The number of carbonyl (C=O) groups excluding carboxylic acids is 2. The molecule has 2 amide bonds. The summed E-state index contributed by atoms with van der Waals surface area (Å²) in [5.74, 6) is 1.01. The fraction of sp³-hybridized carbons (Fsp3) is 0.346. The summed E-state index contributed by atoms with van der Waals surface area (Å²) in [5, 5.41) is 12.3. The maximum absolute atomic E-state index is 12.3. The number of hydrogen-bond donors (Lipinski definition) is 4. The number of benzene rings is 2. The first-order chi connectivity index (χ1) is 16.9. The highest BCUT2D eigenvalue weighted by molar-refractivity contribution is 6.40. The molecule has 0 fully saturated rings. The van der Waals surface area contributed by atoms with Crippen molar-refractivity contribution < 1.29 is 24.2 Å². The lowest BCUT2D eigenvalue weighted by Gasteiger charge is -2.21. The standard InChI is InChI=1S/C26H32N4O5/c1-17-21(29-30-24(32)11-4-7-18-15-20(31)12-13-23(18)34-3)9-5-10-22(17)35-16-19-8-6-14-28-25(19)26(33)27-2/h5-6,9-10,12-15,19,29,31H,4,7-8,11,16H2,1-3H3,(H,27,33)(H,30,32). The van der Waals surface area contributed by atoms with E-state index in [-0.39, 0.29) is 23.5 Å². The Morgan fingerprint density at radius 3 is 2.80 bits per heavy atom. The van der Waals surface area contributed by atoms with Crippen molar-refractivity contribution in [2.24, 2.45) is 10.9 Å². The lowest BCUT2D eigenvalue weighted by atomic mass is 9.97. The monoisotopic (exact) mass is 480 g/mol. The van der Waals surface area contributed by atoms with Crippen LogP contribution in [0, 0.1) is 12.8 Å². The van der Waals surface area contributed by atoms with E-state index in [4.69, 9.17) is 9.47 Å². The summed E-state index contributed by atoms with van der Waals surface area (Å²) in [6, 6.07) is 10.5. The first kappa shape index (κ1) is 25.6. The Hall–Kier alpha value is -4.01. The van der Waals surface area contributed by atoms with E-state index in [0.717, 1.165) is 11.1 Å². The molecule has 9 heteroatoms. The van der Waals surface area contributed by atoms with Crippen molar-refractivity contribution in [2.45, 2.75) is 32.6 Å². The number of anilines is 1. The summed E-state index contributed by atoms with van der Waals surface area (Å²) in [6.07, 6.45) is 5.73. The van der Waals surface area contributed by atoms with E-state index in [9.17, 15) is 14.7 Å². The van der Waals surface area contributed by atoms with E-state index < -0.39 is 0 Å². The number of phenolic OH excluding ortho intramolecular Hbond substituents is 1. The second-order valence-corrected chi connectivity index (χ2v) is 8.17. The number of hydrazine groups is 1. The highest BCUT2D eigenvalue weighted by atomic mass is 16.5. The fourth-order valence-electron chi connectivity index (χ4n) is 3.79. The van der Waals surface area contributed by atoms with Crippen LogP contribution in [0.1, 0.15) is 30.4 Å². The zero-order chi connectivity index (χ0) is 25.2. The van der Waals surface area contributed by atoms with E-state index in [2.05, 4.69) is 21.2 Å². The number of phenols is 1. The normalized spacial score (nSPS) is 14.6. The number of nitrogens with one attached hydrogen (secondary N) is 3. The third-order valence-corrected chi connectivity index (χ3v) is 5.76. The molecule has 0 saturated heterocycles. The molecule has 0 aromatic heterocycles. The molecule has 186 valence electrons. The Labute approximate surface area is 205 Å². The molecule has 1 heterocycles. The van der Waals surface area contributed by atoms with Gasteiger partial charge in [-0.15, -0.1) is 0 Å². The van der Waals surface area contributed by atoms with Crippen molar-refractivity contribution in [1.29, 1.82) is 0 Å². The molecule has 0 spiro atoms. The van der Waals surface area contributed by atoms with Crippen LogP contribution in [-0.2, 0) is 16.0 Å². The lowest BCUT2D eigenvalue weighted by Crippen LogP contribution is -2.36. The average molecular weight is 481 g/mol. The molecule has 1 unspecified atom stereocenters. The van der Waals surface area contributed by atoms with Crippen LogP contribution in [0.25, 0.3) is 0 Å². The van der Waals surface area contributed by atoms with Crippen LogP contribution in [0.15, 0.2) is 53.7 Å². The number of carbonyl (C=O) groups is 2. The number of allylic oxidation sites excluding steroid dienone is 1. The molecule has 2 aromatic rings. The molecule has 1 aliphatic heterocycles. The van der Waals surface area contributed by atoms with E-state index in [1.54, 1.807) is 38.6 Å². The number of rotatable bonds is 11. The van der Waals surface area contributed by atoms with Gasteiger partial charge in [-0.1, -0.05) is 12.1 Å². The van der Waals surface area contributed by atoms with Crippen molar-refractivity contribution >= 4 is 23.2 Å². The number of hydrogen-bond acceptors (Lipinski definition) is 7. The van der Waals surface area contributed by atoms with Gasteiger partial charge < -0.3 is 19.9 Å². The minimum absolute atomic E-state index is 0.138. The Morgan fingerprint density at radius 1 is 1.20 bits per heavy atom. The van der Waals surface area contributed by atoms with Crippen molar-refractivity contribution in [3.05, 3.63) is 59.8 Å². The quantitative estimate of drug-likeness (QED) is 0.366. The maximum Gasteiger partial charge on any atom is 0.265 e. The number of ether oxygens (including phenoxy) is 2. The lowest BCUT2D eigenvalue weighted by molar-refractivity contribution is -0.120. The number of nitrogens with zero attached hydrogens (tertiary/aromatic N) is 1. The Morgan fingerprint density at radius 2 is 2.03 bits per heavy atom. The minimum Gasteiger partial charge on any atom is -0.508 e. The molecule has 3 rings (SSSR count). The molecule has 2 aromatic carbocycles. The van der Waals surface area contributed by atoms with Crippen LogP contribution in [0.5, 0.6) is 17.2 Å². The zero-order valence-electron chi connectivity index (χ0n) is 20.3. The first-order valence-electron chi connectivity index (χ1n) is 11.5. The number of aromatic hydroxyl groups is 1. The summed E-state index contributed by atoms with van der Waals surface area (Å²) in [5.41, 5.74) is 8.55. The SMILES string of the molecule is CNC(=O)C1=NC=CCC1COc1cccc(NNC(=O)CCCc2cc(O)ccc2OC)c1C. The van der Waals surface area contributed by atoms with Gasteiger partial charge in [-0.05, 0) is 62.1 Å². The third-order valence-electron chi connectivity index (χ3n) is 5.76. The number of amides is 2. The van der Waals surface area contributed by atoms with E-state index in [1.807, 2.05) is 31.2 Å². The van der Waals surface area contributed by atoms with E-state index in [1.165, 1.54) is 0 Å². The van der Waals surface area contributed by atoms with Crippen molar-refractivity contribution in [3.63, 3.8) is 0 Å². The average Bonchev–Trinajstić information content (AvgIpc) is 2.87. The Balaban J connectivity index is 1.50. The van der Waals surface area contributed by atoms with Gasteiger partial charge >= 0.3 is 0 Å². The molecular weight excluding hydrogens is 448 g/mol. The predicted octanol–water partition coefficient (Wildman–Crippen LogP) is 3.27. The molecule has 0 radical (unpaired) electrons. The molecule has 0 bridgehead atoms. The van der Waals surface area contributed by atoms with Crippen molar-refractivity contribution in [2.75, 3.05) is 26.2 Å². The van der Waals surface area contributed by atoms with Gasteiger partial charge in [0.05, 0.1) is 19.4 Å². The van der Waals surface area contributed by atoms with Crippen LogP contribution >= 0.6 is 0 Å². The maximum atomic E-state index is 12.3. The van der Waals surface area contributed by atoms with E-state index >= 15 is 0 Å². The van der Waals surface area contributed by atoms with Gasteiger partial charge in [-0.2, -0.15) is 0 Å². The summed E-state index contributed by atoms with van der Waals surface area (Å²) < 4.78 is 11.3. The highest BCUT2D eigenvalue weighted by Gasteiger charge is 2.24. The second kappa shape index (κ2) is 12.5. The first-order valence-corrected chi connectivity index (χ1v) is 11.5. The predicted molar refractivity (Wildman–Crippen MR) is 135 cm³/mol. The molecule has 1 aliphatic rings. The highest BCUT2D eigenvalue weighted by Crippen LogP contribution is 2.27. The molecule has 4 N–H and O–H groups in total. The van der Waals surface area contributed by atoms with Gasteiger partial charge in [0.2, 0.25) is 5.91 Å². The summed E-state index contributed by atoms with van der Waals surface area (Å²) in [7, 11) is 3.16.